The van der Waals surface area contributed by atoms with Crippen LogP contribution in [-0.4, -0.2) is 41.1 Å². The summed E-state index contributed by atoms with van der Waals surface area (Å²) in [7, 11) is 1.45. The number of ether oxygens (including phenoxy) is 1. The van der Waals surface area contributed by atoms with Crippen LogP contribution in [0.4, 0.5) is 5.82 Å². The van der Waals surface area contributed by atoms with Crippen molar-refractivity contribution in [1.29, 1.82) is 0 Å². The number of nitrogens with zero attached hydrogens (tertiary/aromatic N) is 3. The number of aromatic nitrogens is 3. The summed E-state index contributed by atoms with van der Waals surface area (Å²) in [5.41, 5.74) is 1.94. The molecular weight excluding hydrogens is 256 g/mol. The van der Waals surface area contributed by atoms with E-state index in [-0.39, 0.29) is 11.9 Å². The molecule has 2 aromatic heterocycles. The second-order valence-electron chi connectivity index (χ2n) is 5.20. The predicted molar refractivity (Wildman–Crippen MR) is 75.6 cm³/mol. The van der Waals surface area contributed by atoms with Crippen molar-refractivity contribution in [1.82, 2.24) is 15.0 Å². The highest BCUT2D eigenvalue weighted by atomic mass is 16.5. The molecule has 0 unspecified atom stereocenters. The minimum Gasteiger partial charge on any atom is -0.469 e. The number of methoxy groups -OCH3 is 1. The predicted octanol–water partition coefficient (Wildman–Crippen LogP) is 1.66. The van der Waals surface area contributed by atoms with Gasteiger partial charge in [0, 0.05) is 18.8 Å². The second-order valence-corrected chi connectivity index (χ2v) is 5.20. The molecule has 3 heterocycles. The summed E-state index contributed by atoms with van der Waals surface area (Å²) >= 11 is 0. The van der Waals surface area contributed by atoms with E-state index in [1.54, 1.807) is 6.33 Å². The van der Waals surface area contributed by atoms with Crippen LogP contribution in [-0.2, 0) is 9.53 Å². The molecule has 20 heavy (non-hydrogen) atoms. The van der Waals surface area contributed by atoms with Gasteiger partial charge in [-0.1, -0.05) is 0 Å². The Hall–Kier alpha value is -2.11. The molecule has 1 fully saturated rings. The lowest BCUT2D eigenvalue weighted by Crippen LogP contribution is -2.37. The zero-order valence-corrected chi connectivity index (χ0v) is 11.7. The standard InChI is InChI=1S/C14H18N4O2/c1-9-7-11-12(17-9)15-8-16-13(11)18-5-3-10(4-6-18)14(19)20-2/h7-8,10H,3-6H2,1-2H3,(H,15,16,17). The van der Waals surface area contributed by atoms with E-state index in [2.05, 4.69) is 25.9 Å². The van der Waals surface area contributed by atoms with Gasteiger partial charge in [0.25, 0.3) is 0 Å². The van der Waals surface area contributed by atoms with Crippen LogP contribution in [0.15, 0.2) is 12.4 Å². The van der Waals surface area contributed by atoms with E-state index in [9.17, 15) is 4.79 Å². The van der Waals surface area contributed by atoms with Gasteiger partial charge in [0.1, 0.15) is 17.8 Å². The Morgan fingerprint density at radius 2 is 2.15 bits per heavy atom. The van der Waals surface area contributed by atoms with E-state index in [1.165, 1.54) is 7.11 Å². The van der Waals surface area contributed by atoms with Crippen molar-refractivity contribution in [3.63, 3.8) is 0 Å². The molecule has 0 saturated carbocycles. The lowest BCUT2D eigenvalue weighted by atomic mass is 9.97. The Kier molecular flexibility index (Phi) is 3.30. The van der Waals surface area contributed by atoms with E-state index in [0.717, 1.165) is 48.5 Å². The van der Waals surface area contributed by atoms with Crippen LogP contribution in [0.2, 0.25) is 0 Å². The van der Waals surface area contributed by atoms with Crippen LogP contribution in [0.5, 0.6) is 0 Å². The number of aromatic amines is 1. The number of H-pyrrole nitrogens is 1. The Bertz CT molecular complexity index is 629. The van der Waals surface area contributed by atoms with Crippen LogP contribution < -0.4 is 4.90 Å². The van der Waals surface area contributed by atoms with Crippen LogP contribution in [0.3, 0.4) is 0 Å². The molecule has 2 aromatic rings. The monoisotopic (exact) mass is 274 g/mol. The van der Waals surface area contributed by atoms with E-state index in [0.29, 0.717) is 0 Å². The van der Waals surface area contributed by atoms with Gasteiger partial charge in [-0.2, -0.15) is 0 Å². The summed E-state index contributed by atoms with van der Waals surface area (Å²) in [6, 6.07) is 2.07. The van der Waals surface area contributed by atoms with Gasteiger partial charge in [-0.3, -0.25) is 4.79 Å². The van der Waals surface area contributed by atoms with Crippen LogP contribution in [0, 0.1) is 12.8 Å². The maximum atomic E-state index is 11.6. The van der Waals surface area contributed by atoms with Gasteiger partial charge in [-0.15, -0.1) is 0 Å². The molecule has 1 N–H and O–H groups in total. The average Bonchev–Trinajstić information content (AvgIpc) is 2.86. The third-order valence-electron chi connectivity index (χ3n) is 3.87. The largest absolute Gasteiger partial charge is 0.469 e. The van der Waals surface area contributed by atoms with E-state index >= 15 is 0 Å². The fraction of sp³-hybridized carbons (Fsp3) is 0.500. The lowest BCUT2D eigenvalue weighted by Gasteiger charge is -2.31. The maximum absolute atomic E-state index is 11.6. The highest BCUT2D eigenvalue weighted by Gasteiger charge is 2.27. The van der Waals surface area contributed by atoms with Gasteiger partial charge in [0.15, 0.2) is 0 Å². The van der Waals surface area contributed by atoms with Gasteiger partial charge < -0.3 is 14.6 Å². The minimum atomic E-state index is -0.102. The summed E-state index contributed by atoms with van der Waals surface area (Å²) in [5, 5.41) is 1.04. The van der Waals surface area contributed by atoms with Gasteiger partial charge in [0.05, 0.1) is 18.4 Å². The van der Waals surface area contributed by atoms with Crippen molar-refractivity contribution in [2.45, 2.75) is 19.8 Å². The van der Waals surface area contributed by atoms with E-state index in [4.69, 9.17) is 4.74 Å². The second kappa shape index (κ2) is 5.11. The quantitative estimate of drug-likeness (QED) is 0.843. The first-order chi connectivity index (χ1) is 9.69. The Balaban J connectivity index is 1.81. The summed E-state index contributed by atoms with van der Waals surface area (Å²) < 4.78 is 4.82. The number of anilines is 1. The van der Waals surface area contributed by atoms with Gasteiger partial charge >= 0.3 is 5.97 Å². The maximum Gasteiger partial charge on any atom is 0.308 e. The van der Waals surface area contributed by atoms with Gasteiger partial charge in [-0.25, -0.2) is 9.97 Å². The fourth-order valence-corrected chi connectivity index (χ4v) is 2.80. The number of esters is 1. The number of fused-ring (bicyclic) bond motifs is 1. The van der Waals surface area contributed by atoms with Crippen molar-refractivity contribution in [3.8, 4) is 0 Å². The highest BCUT2D eigenvalue weighted by molar-refractivity contribution is 5.88. The smallest absolute Gasteiger partial charge is 0.308 e. The molecule has 0 aromatic carbocycles. The number of piperidine rings is 1. The van der Waals surface area contributed by atoms with Crippen molar-refractivity contribution < 1.29 is 9.53 Å². The van der Waals surface area contributed by atoms with Crippen molar-refractivity contribution in [2.24, 2.45) is 5.92 Å². The summed E-state index contributed by atoms with van der Waals surface area (Å²) in [6.07, 6.45) is 3.20. The first-order valence-corrected chi connectivity index (χ1v) is 6.82. The normalized spacial score (nSPS) is 16.6. The van der Waals surface area contributed by atoms with Crippen LogP contribution in [0.1, 0.15) is 18.5 Å². The number of hydrogen-bond acceptors (Lipinski definition) is 5. The topological polar surface area (TPSA) is 71.1 Å². The molecule has 106 valence electrons. The summed E-state index contributed by atoms with van der Waals surface area (Å²) in [6.45, 7) is 3.64. The number of rotatable bonds is 2. The van der Waals surface area contributed by atoms with Gasteiger partial charge in [0.2, 0.25) is 0 Å². The van der Waals surface area contributed by atoms with Crippen molar-refractivity contribution >= 4 is 22.8 Å². The molecule has 1 saturated heterocycles. The summed E-state index contributed by atoms with van der Waals surface area (Å²) in [4.78, 5) is 25.7. The van der Waals surface area contributed by atoms with E-state index < -0.39 is 0 Å². The molecule has 0 atom stereocenters. The molecule has 0 bridgehead atoms. The molecular formula is C14H18N4O2. The lowest BCUT2D eigenvalue weighted by molar-refractivity contribution is -0.146. The van der Waals surface area contributed by atoms with E-state index in [1.807, 2.05) is 6.92 Å². The number of aryl methyl sites for hydroxylation is 1. The molecule has 0 amide bonds. The first-order valence-electron chi connectivity index (χ1n) is 6.82. The van der Waals surface area contributed by atoms with Gasteiger partial charge in [-0.05, 0) is 25.8 Å². The number of nitrogens with one attached hydrogen (secondary N) is 1. The fourth-order valence-electron chi connectivity index (χ4n) is 2.80. The molecule has 1 aliphatic rings. The first kappa shape index (κ1) is 12.9. The third-order valence-corrected chi connectivity index (χ3v) is 3.87. The average molecular weight is 274 g/mol. The number of carbonyl (C=O) groups is 1. The Labute approximate surface area is 117 Å². The van der Waals surface area contributed by atoms with Crippen molar-refractivity contribution in [2.75, 3.05) is 25.1 Å². The molecule has 6 heteroatoms. The molecule has 3 rings (SSSR count). The molecule has 0 radical (unpaired) electrons. The number of carbonyl (C=O) groups excluding carboxylic acids is 1. The summed E-state index contributed by atoms with van der Waals surface area (Å²) in [5.74, 6) is 0.860. The highest BCUT2D eigenvalue weighted by Crippen LogP contribution is 2.28. The van der Waals surface area contributed by atoms with Crippen LogP contribution in [0.25, 0.3) is 11.0 Å². The van der Waals surface area contributed by atoms with Crippen LogP contribution >= 0.6 is 0 Å². The zero-order chi connectivity index (χ0) is 14.1. The minimum absolute atomic E-state index is 0.0153. The third kappa shape index (κ3) is 2.21. The molecule has 6 nitrogen and oxygen atoms in total. The SMILES string of the molecule is COC(=O)C1CCN(c2ncnc3[nH]c(C)cc23)CC1. The molecule has 0 aliphatic carbocycles. The number of hydrogen-bond donors (Lipinski definition) is 1. The molecule has 1 aliphatic heterocycles. The Morgan fingerprint density at radius 1 is 1.40 bits per heavy atom. The van der Waals surface area contributed by atoms with Crippen molar-refractivity contribution in [3.05, 3.63) is 18.1 Å². The molecule has 0 spiro atoms. The Morgan fingerprint density at radius 3 is 2.85 bits per heavy atom. The zero-order valence-electron chi connectivity index (χ0n) is 11.7.